The number of thiazole rings is 1. The van der Waals surface area contributed by atoms with E-state index in [1.165, 1.54) is 35.6 Å². The molecule has 0 spiro atoms. The number of para-hydroxylation sites is 1. The molecule has 10 nitrogen and oxygen atoms in total. The topological polar surface area (TPSA) is 121 Å². The van der Waals surface area contributed by atoms with Gasteiger partial charge in [0.2, 0.25) is 0 Å². The molecule has 0 bridgehead atoms. The number of hydrogen-bond acceptors (Lipinski definition) is 11. The summed E-state index contributed by atoms with van der Waals surface area (Å²) >= 11 is 1.19. The number of carbonyl (C=O) groups is 1. The van der Waals surface area contributed by atoms with Crippen molar-refractivity contribution in [2.24, 2.45) is 0 Å². The number of ether oxygens (including phenoxy) is 3. The van der Waals surface area contributed by atoms with Crippen LogP contribution in [0, 0.1) is 5.82 Å². The molecule has 16 heteroatoms. The van der Waals surface area contributed by atoms with Gasteiger partial charge in [0.1, 0.15) is 22.7 Å². The maximum Gasteiger partial charge on any atom is 0.573 e. The number of fused-ring (bicyclic) bond motifs is 1. The molecule has 49 heavy (non-hydrogen) atoms. The van der Waals surface area contributed by atoms with E-state index in [2.05, 4.69) is 24.5 Å². The van der Waals surface area contributed by atoms with E-state index < -0.39 is 33.7 Å². The Morgan fingerprint density at radius 3 is 2.61 bits per heavy atom. The third-order valence-electron chi connectivity index (χ3n) is 8.87. The molecule has 1 aliphatic carbocycles. The number of halogens is 4. The molecule has 0 amide bonds. The van der Waals surface area contributed by atoms with Crippen LogP contribution in [-0.4, -0.2) is 61.9 Å². The summed E-state index contributed by atoms with van der Waals surface area (Å²) in [6.07, 6.45) is -1.78. The second-order valence-electron chi connectivity index (χ2n) is 12.3. The number of alkyl halides is 3. The highest BCUT2D eigenvalue weighted by Gasteiger charge is 2.38. The number of nitrogens with zero attached hydrogens (tertiary/aromatic N) is 3. The molecule has 2 fully saturated rings. The summed E-state index contributed by atoms with van der Waals surface area (Å²) in [7, 11) is -2.78. The first-order valence-corrected chi connectivity index (χ1v) is 18.4. The lowest BCUT2D eigenvalue weighted by atomic mass is 9.92. The Hall–Kier alpha value is -3.76. The van der Waals surface area contributed by atoms with Gasteiger partial charge in [-0.25, -0.2) is 17.8 Å². The molecule has 2 aliphatic rings. The van der Waals surface area contributed by atoms with Gasteiger partial charge in [-0.05, 0) is 63.3 Å². The summed E-state index contributed by atoms with van der Waals surface area (Å²) in [5.74, 6) is -1.60. The van der Waals surface area contributed by atoms with Crippen molar-refractivity contribution in [1.82, 2.24) is 10.1 Å². The number of esters is 1. The molecule has 264 valence electrons. The second kappa shape index (κ2) is 13.9. The molecular weight excluding hydrogens is 691 g/mol. The molecule has 1 saturated carbocycles. The molecule has 2 aromatic carbocycles. The molecule has 2 aromatic heterocycles. The van der Waals surface area contributed by atoms with Gasteiger partial charge in [-0.1, -0.05) is 35.5 Å². The van der Waals surface area contributed by atoms with Crippen molar-refractivity contribution in [3.8, 4) is 17.0 Å². The Morgan fingerprint density at radius 2 is 1.92 bits per heavy atom. The largest absolute Gasteiger partial charge is 0.573 e. The van der Waals surface area contributed by atoms with Gasteiger partial charge in [-0.15, -0.1) is 13.2 Å². The van der Waals surface area contributed by atoms with Crippen LogP contribution < -0.4 is 9.64 Å². The minimum atomic E-state index is -4.88. The SMILES string of the molecule is CC[C@H]1C[C@@H](OCc2c(-c3ccccc3OC(F)(F)F)noc2C2CC2)C[C@@H](C)N1c1nc2c(F)cc(S(=O)(=O)CCC(=O)OC)cc2s1. The molecule has 1 saturated heterocycles. The summed E-state index contributed by atoms with van der Waals surface area (Å²) in [5, 5.41) is 4.71. The number of aromatic nitrogens is 2. The van der Waals surface area contributed by atoms with E-state index in [1.807, 2.05) is 13.8 Å². The van der Waals surface area contributed by atoms with Gasteiger partial charge in [0, 0.05) is 29.1 Å². The maximum atomic E-state index is 15.2. The molecule has 0 unspecified atom stereocenters. The predicted octanol–water partition coefficient (Wildman–Crippen LogP) is 7.56. The van der Waals surface area contributed by atoms with Crippen LogP contribution in [0.5, 0.6) is 5.75 Å². The van der Waals surface area contributed by atoms with Crippen LogP contribution in [0.15, 0.2) is 45.8 Å². The van der Waals surface area contributed by atoms with Gasteiger partial charge in [0.25, 0.3) is 0 Å². The average Bonchev–Trinajstić information content (AvgIpc) is 3.66. The predicted molar refractivity (Wildman–Crippen MR) is 173 cm³/mol. The monoisotopic (exact) mass is 725 g/mol. The van der Waals surface area contributed by atoms with Gasteiger partial charge >= 0.3 is 12.3 Å². The summed E-state index contributed by atoms with van der Waals surface area (Å²) in [5.41, 5.74) is 1.08. The van der Waals surface area contributed by atoms with Crippen LogP contribution >= 0.6 is 11.3 Å². The number of anilines is 1. The van der Waals surface area contributed by atoms with Gasteiger partial charge in [0.05, 0.1) is 41.6 Å². The Labute approximate surface area is 284 Å². The first-order chi connectivity index (χ1) is 23.3. The Kier molecular flexibility index (Phi) is 9.93. The van der Waals surface area contributed by atoms with Gasteiger partial charge in [0.15, 0.2) is 20.8 Å². The van der Waals surface area contributed by atoms with Crippen molar-refractivity contribution in [2.75, 3.05) is 17.8 Å². The van der Waals surface area contributed by atoms with Crippen LogP contribution in [0.4, 0.5) is 22.7 Å². The fourth-order valence-electron chi connectivity index (χ4n) is 6.31. The zero-order chi connectivity index (χ0) is 35.1. The summed E-state index contributed by atoms with van der Waals surface area (Å²) in [4.78, 5) is 18.0. The minimum Gasteiger partial charge on any atom is -0.469 e. The van der Waals surface area contributed by atoms with Crippen molar-refractivity contribution in [1.29, 1.82) is 0 Å². The molecular formula is C33H35F4N3O7S2. The lowest BCUT2D eigenvalue weighted by Crippen LogP contribution is -2.50. The first kappa shape index (κ1) is 35.1. The van der Waals surface area contributed by atoms with Crippen molar-refractivity contribution >= 4 is 42.5 Å². The average molecular weight is 726 g/mol. The van der Waals surface area contributed by atoms with Crippen LogP contribution in [0.2, 0.25) is 0 Å². The van der Waals surface area contributed by atoms with Crippen LogP contribution in [-0.2, 0) is 30.7 Å². The quantitative estimate of drug-likeness (QED) is 0.107. The molecule has 3 atom stereocenters. The Morgan fingerprint density at radius 1 is 1.16 bits per heavy atom. The zero-order valence-corrected chi connectivity index (χ0v) is 28.6. The van der Waals surface area contributed by atoms with Crippen LogP contribution in [0.3, 0.4) is 0 Å². The molecule has 6 rings (SSSR count). The molecule has 4 aromatic rings. The third-order valence-corrected chi connectivity index (χ3v) is 11.6. The number of piperidine rings is 1. The smallest absolute Gasteiger partial charge is 0.469 e. The van der Waals surface area contributed by atoms with E-state index in [1.54, 1.807) is 6.07 Å². The highest BCUT2D eigenvalue weighted by atomic mass is 32.2. The number of benzene rings is 2. The zero-order valence-electron chi connectivity index (χ0n) is 27.0. The minimum absolute atomic E-state index is 0.0496. The molecule has 0 N–H and O–H groups in total. The number of hydrogen-bond donors (Lipinski definition) is 0. The normalized spacial score (nSPS) is 20.1. The van der Waals surface area contributed by atoms with Crippen LogP contribution in [0.1, 0.15) is 69.6 Å². The van der Waals surface area contributed by atoms with E-state index >= 15 is 4.39 Å². The molecule has 1 aliphatic heterocycles. The highest BCUT2D eigenvalue weighted by Crippen LogP contribution is 2.46. The summed E-state index contributed by atoms with van der Waals surface area (Å²) < 4.78 is 102. The lowest BCUT2D eigenvalue weighted by Gasteiger charge is -2.43. The maximum absolute atomic E-state index is 15.2. The summed E-state index contributed by atoms with van der Waals surface area (Å²) in [6.45, 7) is 4.11. The van der Waals surface area contributed by atoms with Crippen LogP contribution in [0.25, 0.3) is 21.5 Å². The van der Waals surface area contributed by atoms with E-state index in [0.717, 1.165) is 26.0 Å². The van der Waals surface area contributed by atoms with Gasteiger partial charge in [-0.3, -0.25) is 4.79 Å². The number of methoxy groups -OCH3 is 1. The standard InChI is InChI=1S/C33H35F4N3O7S2/c1-4-20-14-21(45-17-24-29(39-47-31(24)19-9-10-19)23-7-5-6-8-26(23)46-33(35,36)37)13-18(2)40(20)32-38-30-25(34)15-22(16-27(30)48-32)49(42,43)12-11-28(41)44-3/h5-8,15-16,18-21H,4,9-14,17H2,1-3H3/t18-,20+,21+/m1/s1. The van der Waals surface area contributed by atoms with Crippen molar-refractivity contribution < 1.29 is 49.5 Å². The van der Waals surface area contributed by atoms with Crippen molar-refractivity contribution in [3.63, 3.8) is 0 Å². The van der Waals surface area contributed by atoms with Gasteiger partial charge < -0.3 is 23.6 Å². The van der Waals surface area contributed by atoms with Gasteiger partial charge in [-0.2, -0.15) is 0 Å². The third kappa shape index (κ3) is 7.70. The lowest BCUT2D eigenvalue weighted by molar-refractivity contribution is -0.274. The Bertz CT molecular complexity index is 1940. The number of carbonyl (C=O) groups excluding carboxylic acids is 1. The van der Waals surface area contributed by atoms with Crippen molar-refractivity contribution in [3.05, 3.63) is 53.5 Å². The highest BCUT2D eigenvalue weighted by molar-refractivity contribution is 7.91. The Balaban J connectivity index is 1.20. The van der Waals surface area contributed by atoms with E-state index in [4.69, 9.17) is 9.26 Å². The van der Waals surface area contributed by atoms with E-state index in [0.29, 0.717) is 40.4 Å². The van der Waals surface area contributed by atoms with E-state index in [9.17, 15) is 26.4 Å². The fraction of sp³-hybridized carbons (Fsp3) is 0.485. The second-order valence-corrected chi connectivity index (χ2v) is 15.4. The summed E-state index contributed by atoms with van der Waals surface area (Å²) in [6, 6.07) is 7.98. The molecule has 3 heterocycles. The van der Waals surface area contributed by atoms with Crippen molar-refractivity contribution in [2.45, 2.75) is 94.3 Å². The first-order valence-electron chi connectivity index (χ1n) is 15.9. The molecule has 0 radical (unpaired) electrons. The van der Waals surface area contributed by atoms with E-state index in [-0.39, 0.29) is 64.6 Å². The number of rotatable bonds is 12. The number of sulfone groups is 1. The fourth-order valence-corrected chi connectivity index (χ4v) is 8.83.